The number of aliphatic carboxylic acids is 1. The van der Waals surface area contributed by atoms with Crippen molar-refractivity contribution in [3.8, 4) is 5.75 Å². The maximum Gasteiger partial charge on any atom is 0.308 e. The first kappa shape index (κ1) is 26.0. The molecule has 0 saturated carbocycles. The summed E-state index contributed by atoms with van der Waals surface area (Å²) in [5.74, 6) is -1.86. The molecule has 0 spiro atoms. The van der Waals surface area contributed by atoms with E-state index in [1.54, 1.807) is 19.4 Å². The summed E-state index contributed by atoms with van der Waals surface area (Å²) in [6, 6.07) is 11.2. The lowest BCUT2D eigenvalue weighted by molar-refractivity contribution is -0.146. The van der Waals surface area contributed by atoms with Gasteiger partial charge in [-0.25, -0.2) is 8.78 Å². The maximum atomic E-state index is 13.9. The SMILES string of the molecule is COc1ccc2nccc([C@@H](O)CC[C@@H]3CCN(CCCc4c(F)cccc4F)C[C@@H]3C(=O)O)c2c1. The molecule has 6 nitrogen and oxygen atoms in total. The quantitative estimate of drug-likeness (QED) is 0.410. The van der Waals surface area contributed by atoms with Crippen molar-refractivity contribution in [3.05, 3.63) is 71.4 Å². The zero-order valence-electron chi connectivity index (χ0n) is 20.4. The van der Waals surface area contributed by atoms with Gasteiger partial charge in [-0.15, -0.1) is 0 Å². The first-order chi connectivity index (χ1) is 17.4. The van der Waals surface area contributed by atoms with Crippen molar-refractivity contribution in [2.45, 2.75) is 38.2 Å². The molecule has 3 atom stereocenters. The van der Waals surface area contributed by atoms with Crippen LogP contribution in [0.1, 0.15) is 42.9 Å². The number of nitrogens with zero attached hydrogens (tertiary/aromatic N) is 2. The van der Waals surface area contributed by atoms with Gasteiger partial charge < -0.3 is 19.8 Å². The lowest BCUT2D eigenvalue weighted by Crippen LogP contribution is -2.44. The van der Waals surface area contributed by atoms with Crippen molar-refractivity contribution >= 4 is 16.9 Å². The van der Waals surface area contributed by atoms with Crippen LogP contribution in [0.3, 0.4) is 0 Å². The molecular weight excluding hydrogens is 466 g/mol. The summed E-state index contributed by atoms with van der Waals surface area (Å²) in [5.41, 5.74) is 1.60. The number of hydrogen-bond donors (Lipinski definition) is 2. The zero-order chi connectivity index (χ0) is 25.7. The monoisotopic (exact) mass is 498 g/mol. The van der Waals surface area contributed by atoms with Crippen LogP contribution in [0.5, 0.6) is 5.75 Å². The minimum absolute atomic E-state index is 0.0555. The number of likely N-dealkylation sites (tertiary alicyclic amines) is 1. The third-order valence-electron chi connectivity index (χ3n) is 7.27. The Morgan fingerprint density at radius 3 is 2.72 bits per heavy atom. The van der Waals surface area contributed by atoms with Crippen molar-refractivity contribution in [1.82, 2.24) is 9.88 Å². The number of aliphatic hydroxyl groups is 1. The third-order valence-corrected chi connectivity index (χ3v) is 7.27. The maximum absolute atomic E-state index is 13.9. The highest BCUT2D eigenvalue weighted by molar-refractivity contribution is 5.83. The minimum Gasteiger partial charge on any atom is -0.497 e. The number of carboxylic acids is 1. The van der Waals surface area contributed by atoms with Crippen LogP contribution in [0.4, 0.5) is 8.78 Å². The van der Waals surface area contributed by atoms with Gasteiger partial charge in [0.25, 0.3) is 0 Å². The van der Waals surface area contributed by atoms with E-state index < -0.39 is 29.6 Å². The molecule has 1 aromatic heterocycles. The number of ether oxygens (including phenoxy) is 1. The number of methoxy groups -OCH3 is 1. The summed E-state index contributed by atoms with van der Waals surface area (Å²) in [6.45, 7) is 1.70. The van der Waals surface area contributed by atoms with Gasteiger partial charge in [-0.1, -0.05) is 6.07 Å². The van der Waals surface area contributed by atoms with Crippen LogP contribution in [-0.4, -0.2) is 52.8 Å². The summed E-state index contributed by atoms with van der Waals surface area (Å²) in [5, 5.41) is 21.7. The predicted molar refractivity (Wildman–Crippen MR) is 133 cm³/mol. The summed E-state index contributed by atoms with van der Waals surface area (Å²) < 4.78 is 33.1. The number of aromatic nitrogens is 1. The Bertz CT molecular complexity index is 1190. The molecule has 1 saturated heterocycles. The number of rotatable bonds is 10. The van der Waals surface area contributed by atoms with Gasteiger partial charge in [-0.2, -0.15) is 0 Å². The number of carboxylic acid groups (broad SMARTS) is 1. The third kappa shape index (κ3) is 5.99. The number of hydrogen-bond acceptors (Lipinski definition) is 5. The highest BCUT2D eigenvalue weighted by Crippen LogP contribution is 2.34. The van der Waals surface area contributed by atoms with Crippen LogP contribution in [0.25, 0.3) is 10.9 Å². The van der Waals surface area contributed by atoms with E-state index in [2.05, 4.69) is 9.88 Å². The Morgan fingerprint density at radius 2 is 2.00 bits per heavy atom. The second-order valence-corrected chi connectivity index (χ2v) is 9.47. The molecule has 2 N–H and O–H groups in total. The van der Waals surface area contributed by atoms with Gasteiger partial charge >= 0.3 is 5.97 Å². The minimum atomic E-state index is -0.849. The average molecular weight is 499 g/mol. The number of fused-ring (bicyclic) bond motifs is 1. The zero-order valence-corrected chi connectivity index (χ0v) is 20.4. The fraction of sp³-hybridized carbons (Fsp3) is 0.429. The fourth-order valence-corrected chi connectivity index (χ4v) is 5.24. The molecule has 8 heteroatoms. The predicted octanol–water partition coefficient (Wildman–Crippen LogP) is 4.99. The standard InChI is InChI=1S/C28H32F2N2O4/c1-36-19-8-9-26-22(16-19)20(11-13-31-26)27(33)10-7-18-12-15-32(17-23(18)28(34)35)14-3-4-21-24(29)5-2-6-25(21)30/h2,5-6,8-9,11,13,16,18,23,27,33H,3-4,7,10,12,14-15,17H2,1H3,(H,34,35)/t18-,23+,27+/m1/s1. The summed E-state index contributed by atoms with van der Waals surface area (Å²) >= 11 is 0. The molecule has 0 amide bonds. The van der Waals surface area contributed by atoms with E-state index in [4.69, 9.17) is 4.74 Å². The first-order valence-electron chi connectivity index (χ1n) is 12.4. The van der Waals surface area contributed by atoms with Crippen molar-refractivity contribution in [3.63, 3.8) is 0 Å². The highest BCUT2D eigenvalue weighted by Gasteiger charge is 2.34. The Hall–Kier alpha value is -3.10. The lowest BCUT2D eigenvalue weighted by Gasteiger charge is -2.37. The second-order valence-electron chi connectivity index (χ2n) is 9.47. The fourth-order valence-electron chi connectivity index (χ4n) is 5.24. The van der Waals surface area contributed by atoms with E-state index in [0.29, 0.717) is 44.5 Å². The van der Waals surface area contributed by atoms with E-state index in [-0.39, 0.29) is 17.9 Å². The molecule has 192 valence electrons. The molecule has 2 aromatic carbocycles. The molecule has 0 aliphatic carbocycles. The molecule has 4 rings (SSSR count). The summed E-state index contributed by atoms with van der Waals surface area (Å²) in [6.07, 6.45) is 3.46. The van der Waals surface area contributed by atoms with Crippen LogP contribution in [0.15, 0.2) is 48.7 Å². The van der Waals surface area contributed by atoms with Gasteiger partial charge in [-0.05, 0) is 93.1 Å². The van der Waals surface area contributed by atoms with Crippen molar-refractivity contribution in [1.29, 1.82) is 0 Å². The molecule has 0 unspecified atom stereocenters. The van der Waals surface area contributed by atoms with Gasteiger partial charge in [0.1, 0.15) is 17.4 Å². The van der Waals surface area contributed by atoms with E-state index in [1.165, 1.54) is 18.2 Å². The Labute approximate surface area is 209 Å². The molecular formula is C28H32F2N2O4. The number of halogens is 2. The van der Waals surface area contributed by atoms with Gasteiger partial charge in [0.05, 0.1) is 24.6 Å². The molecule has 3 aromatic rings. The lowest BCUT2D eigenvalue weighted by atomic mass is 9.81. The Balaban J connectivity index is 1.34. The van der Waals surface area contributed by atoms with Crippen molar-refractivity contribution < 1.29 is 28.5 Å². The van der Waals surface area contributed by atoms with E-state index >= 15 is 0 Å². The average Bonchev–Trinajstić information content (AvgIpc) is 2.88. The van der Waals surface area contributed by atoms with Gasteiger partial charge in [0.15, 0.2) is 0 Å². The van der Waals surface area contributed by atoms with Crippen molar-refractivity contribution in [2.24, 2.45) is 11.8 Å². The van der Waals surface area contributed by atoms with Gasteiger partial charge in [0, 0.05) is 23.7 Å². The van der Waals surface area contributed by atoms with Crippen molar-refractivity contribution in [2.75, 3.05) is 26.7 Å². The summed E-state index contributed by atoms with van der Waals surface area (Å²) in [7, 11) is 1.59. The normalized spacial score (nSPS) is 19.3. The van der Waals surface area contributed by atoms with Crippen LogP contribution < -0.4 is 4.74 Å². The van der Waals surface area contributed by atoms with Crippen LogP contribution in [-0.2, 0) is 11.2 Å². The Morgan fingerprint density at radius 1 is 1.22 bits per heavy atom. The number of pyridine rings is 1. The largest absolute Gasteiger partial charge is 0.497 e. The van der Waals surface area contributed by atoms with Gasteiger partial charge in [0.2, 0.25) is 0 Å². The second kappa shape index (κ2) is 11.8. The molecule has 36 heavy (non-hydrogen) atoms. The number of carbonyl (C=O) groups is 1. The van der Waals surface area contributed by atoms with E-state index in [1.807, 2.05) is 18.2 Å². The number of aliphatic hydroxyl groups excluding tert-OH is 1. The molecule has 0 bridgehead atoms. The van der Waals surface area contributed by atoms with Crippen LogP contribution >= 0.6 is 0 Å². The summed E-state index contributed by atoms with van der Waals surface area (Å²) in [4.78, 5) is 18.5. The highest BCUT2D eigenvalue weighted by atomic mass is 19.1. The molecule has 0 radical (unpaired) electrons. The molecule has 1 fully saturated rings. The molecule has 1 aliphatic rings. The smallest absolute Gasteiger partial charge is 0.308 e. The molecule has 1 aliphatic heterocycles. The van der Waals surface area contributed by atoms with Gasteiger partial charge in [-0.3, -0.25) is 9.78 Å². The number of benzene rings is 2. The van der Waals surface area contributed by atoms with E-state index in [9.17, 15) is 23.8 Å². The first-order valence-corrected chi connectivity index (χ1v) is 12.4. The number of piperidine rings is 1. The van der Waals surface area contributed by atoms with Crippen LogP contribution in [0.2, 0.25) is 0 Å². The Kier molecular flexibility index (Phi) is 8.48. The van der Waals surface area contributed by atoms with E-state index in [0.717, 1.165) is 23.0 Å². The topological polar surface area (TPSA) is 82.9 Å². The van der Waals surface area contributed by atoms with Crippen LogP contribution in [0, 0.1) is 23.5 Å². The molecule has 2 heterocycles.